The summed E-state index contributed by atoms with van der Waals surface area (Å²) in [6.45, 7) is 10.6. The fourth-order valence-electron chi connectivity index (χ4n) is 5.83. The van der Waals surface area contributed by atoms with Gasteiger partial charge in [-0.1, -0.05) is 119 Å². The van der Waals surface area contributed by atoms with E-state index in [0.29, 0.717) is 37.6 Å². The minimum absolute atomic E-state index is 0.143. The molecule has 0 amide bonds. The molecule has 8 nitrogen and oxygen atoms in total. The maximum Gasteiger partial charge on any atom is 0.306 e. The minimum atomic E-state index is -0.553. The lowest BCUT2D eigenvalue weighted by Crippen LogP contribution is -2.30. The molecule has 0 bridgehead atoms. The van der Waals surface area contributed by atoms with E-state index in [1.165, 1.54) is 0 Å². The Kier molecular flexibility index (Phi) is 21.0. The van der Waals surface area contributed by atoms with Crippen molar-refractivity contribution in [2.45, 2.75) is 130 Å². The van der Waals surface area contributed by atoms with Crippen LogP contribution in [0.5, 0.6) is 11.5 Å². The first kappa shape index (κ1) is 42.5. The Morgan fingerprint density at radius 1 is 0.549 bits per heavy atom. The Morgan fingerprint density at radius 3 is 1.45 bits per heavy atom. The van der Waals surface area contributed by atoms with Crippen LogP contribution in [0.15, 0.2) is 46.9 Å². The third-order valence-corrected chi connectivity index (χ3v) is 9.16. The van der Waals surface area contributed by atoms with Crippen LogP contribution in [0.25, 0.3) is 21.5 Å². The molecule has 0 aromatic heterocycles. The number of unbranched alkanes of at least 4 members (excludes halogenated alkanes) is 8. The summed E-state index contributed by atoms with van der Waals surface area (Å²) in [5.41, 5.74) is 0. The van der Waals surface area contributed by atoms with Crippen molar-refractivity contribution >= 4 is 49.4 Å². The largest absolute Gasteiger partial charge is 0.488 e. The number of esters is 2. The van der Waals surface area contributed by atoms with Crippen molar-refractivity contribution in [1.29, 1.82) is 0 Å². The van der Waals surface area contributed by atoms with Gasteiger partial charge in [-0.25, -0.2) is 0 Å². The summed E-state index contributed by atoms with van der Waals surface area (Å²) >= 11 is 3.65. The predicted molar refractivity (Wildman–Crippen MR) is 209 cm³/mol. The molecule has 2 atom stereocenters. The first-order valence-electron chi connectivity index (χ1n) is 19.4. The first-order chi connectivity index (χ1) is 24.9. The quantitative estimate of drug-likeness (QED) is 0.0409. The molecule has 0 radical (unpaired) electrons. The first-order valence-corrected chi connectivity index (χ1v) is 20.1. The van der Waals surface area contributed by atoms with Crippen LogP contribution in [-0.4, -0.2) is 63.8 Å². The number of halogens is 1. The molecular weight excluding hydrogens is 712 g/mol. The Bertz CT molecular complexity index is 1440. The molecule has 0 fully saturated rings. The lowest BCUT2D eigenvalue weighted by atomic mass is 10.0. The molecule has 0 heterocycles. The van der Waals surface area contributed by atoms with E-state index in [2.05, 4.69) is 43.6 Å². The molecule has 9 heteroatoms. The fraction of sp³-hybridized carbons (Fsp3) is 0.619. The topological polar surface area (TPSA) is 89.5 Å². The van der Waals surface area contributed by atoms with Crippen molar-refractivity contribution in [1.82, 2.24) is 0 Å². The van der Waals surface area contributed by atoms with Crippen LogP contribution in [0.3, 0.4) is 0 Å². The smallest absolute Gasteiger partial charge is 0.306 e. The van der Waals surface area contributed by atoms with Gasteiger partial charge in [0.2, 0.25) is 0 Å². The zero-order valence-corrected chi connectivity index (χ0v) is 33.1. The van der Waals surface area contributed by atoms with Gasteiger partial charge in [0.1, 0.15) is 24.7 Å². The second-order valence-electron chi connectivity index (χ2n) is 13.2. The molecule has 0 aliphatic rings. The number of carbonyl (C=O) groups is 2. The number of rotatable bonds is 28. The molecule has 0 N–H and O–H groups in total. The van der Waals surface area contributed by atoms with E-state index in [0.717, 1.165) is 103 Å². The number of ether oxygens (including phenoxy) is 6. The molecule has 0 aliphatic heterocycles. The monoisotopic (exact) mass is 772 g/mol. The molecule has 0 spiro atoms. The number of hydrogen-bond acceptors (Lipinski definition) is 8. The Morgan fingerprint density at radius 2 is 0.980 bits per heavy atom. The van der Waals surface area contributed by atoms with Crippen molar-refractivity contribution in [2.75, 3.05) is 39.6 Å². The van der Waals surface area contributed by atoms with Crippen molar-refractivity contribution in [3.05, 3.63) is 46.9 Å². The zero-order valence-electron chi connectivity index (χ0n) is 31.5. The third-order valence-electron chi connectivity index (χ3n) is 8.67. The summed E-state index contributed by atoms with van der Waals surface area (Å²) in [5.74, 6) is 0.888. The van der Waals surface area contributed by atoms with E-state index < -0.39 is 12.2 Å². The van der Waals surface area contributed by atoms with Crippen molar-refractivity contribution in [2.24, 2.45) is 0 Å². The maximum atomic E-state index is 12.8. The Balaban J connectivity index is 1.88. The minimum Gasteiger partial charge on any atom is -0.488 e. The van der Waals surface area contributed by atoms with E-state index in [9.17, 15) is 9.59 Å². The molecule has 0 saturated heterocycles. The van der Waals surface area contributed by atoms with Crippen LogP contribution in [0.2, 0.25) is 0 Å². The van der Waals surface area contributed by atoms with Crippen LogP contribution >= 0.6 is 15.9 Å². The van der Waals surface area contributed by atoms with Gasteiger partial charge >= 0.3 is 11.9 Å². The highest BCUT2D eigenvalue weighted by Crippen LogP contribution is 2.44. The summed E-state index contributed by atoms with van der Waals surface area (Å²) in [6.07, 6.45) is 11.6. The van der Waals surface area contributed by atoms with Crippen molar-refractivity contribution < 1.29 is 38.0 Å². The molecule has 0 saturated carbocycles. The van der Waals surface area contributed by atoms with Gasteiger partial charge in [-0.15, -0.1) is 0 Å². The summed E-state index contributed by atoms with van der Waals surface area (Å²) < 4.78 is 37.8. The van der Waals surface area contributed by atoms with Gasteiger partial charge < -0.3 is 28.4 Å². The summed E-state index contributed by atoms with van der Waals surface area (Å²) in [4.78, 5) is 25.5. The molecule has 2 unspecified atom stereocenters. The lowest BCUT2D eigenvalue weighted by molar-refractivity contribution is -0.155. The van der Waals surface area contributed by atoms with Crippen LogP contribution in [-0.2, 0) is 28.5 Å². The molecular formula is C42H61BrO8. The SMILES string of the molecule is CCCCCOCC(COc1c2ccccc2c(OCC(COCCCCC)OC(=O)CCCCC)c2cc(Br)ccc12)OC(=O)CCCCC. The number of benzene rings is 3. The van der Waals surface area contributed by atoms with Gasteiger partial charge in [0, 0.05) is 52.1 Å². The average molecular weight is 774 g/mol. The van der Waals surface area contributed by atoms with Crippen LogP contribution in [0, 0.1) is 0 Å². The van der Waals surface area contributed by atoms with Crippen LogP contribution in [0.4, 0.5) is 0 Å². The average Bonchev–Trinajstić information content (AvgIpc) is 3.12. The maximum absolute atomic E-state index is 12.8. The van der Waals surface area contributed by atoms with E-state index in [1.807, 2.05) is 42.5 Å². The lowest BCUT2D eigenvalue weighted by Gasteiger charge is -2.23. The normalized spacial score (nSPS) is 12.6. The van der Waals surface area contributed by atoms with Gasteiger partial charge in [-0.3, -0.25) is 9.59 Å². The number of hydrogen-bond donors (Lipinski definition) is 0. The third kappa shape index (κ3) is 15.3. The van der Waals surface area contributed by atoms with E-state index in [1.54, 1.807) is 0 Å². The number of carbonyl (C=O) groups excluding carboxylic acids is 2. The molecule has 3 aromatic carbocycles. The van der Waals surface area contributed by atoms with E-state index in [-0.39, 0.29) is 38.4 Å². The summed E-state index contributed by atoms with van der Waals surface area (Å²) in [7, 11) is 0. The Hall–Kier alpha value is -2.88. The number of fused-ring (bicyclic) bond motifs is 2. The fourth-order valence-corrected chi connectivity index (χ4v) is 6.19. The second-order valence-corrected chi connectivity index (χ2v) is 14.1. The molecule has 0 aliphatic carbocycles. The Labute approximate surface area is 314 Å². The highest BCUT2D eigenvalue weighted by atomic mass is 79.9. The van der Waals surface area contributed by atoms with Gasteiger partial charge in [0.05, 0.1) is 13.2 Å². The molecule has 51 heavy (non-hydrogen) atoms. The molecule has 3 rings (SSSR count). The van der Waals surface area contributed by atoms with E-state index >= 15 is 0 Å². The highest BCUT2D eigenvalue weighted by Gasteiger charge is 2.22. The zero-order chi connectivity index (χ0) is 36.7. The molecule has 3 aromatic rings. The van der Waals surface area contributed by atoms with Crippen molar-refractivity contribution in [3.8, 4) is 11.5 Å². The molecule has 284 valence electrons. The van der Waals surface area contributed by atoms with Gasteiger partial charge in [-0.2, -0.15) is 0 Å². The highest BCUT2D eigenvalue weighted by molar-refractivity contribution is 9.10. The van der Waals surface area contributed by atoms with Crippen LogP contribution < -0.4 is 9.47 Å². The summed E-state index contributed by atoms with van der Waals surface area (Å²) in [5, 5.41) is 3.42. The summed E-state index contributed by atoms with van der Waals surface area (Å²) in [6, 6.07) is 13.9. The second kappa shape index (κ2) is 25.2. The predicted octanol–water partition coefficient (Wildman–Crippen LogP) is 10.9. The standard InChI is InChI=1S/C42H61BrO8/c1-5-9-13-21-39(44)50-33(28-46-25-17-11-7-3)30-48-41-35-19-15-16-20-36(35)42(38-27-32(43)23-24-37(38)41)49-31-34(29-47-26-18-12-8-4)51-40(45)22-14-10-6-2/h15-16,19-20,23-24,27,33-34H,5-14,17-18,21-22,25-26,28-31H2,1-4H3. The van der Waals surface area contributed by atoms with Gasteiger partial charge in [0.25, 0.3) is 0 Å². The van der Waals surface area contributed by atoms with Crippen molar-refractivity contribution in [3.63, 3.8) is 0 Å². The van der Waals surface area contributed by atoms with Gasteiger partial charge in [0.15, 0.2) is 12.2 Å². The van der Waals surface area contributed by atoms with E-state index in [4.69, 9.17) is 28.4 Å². The van der Waals surface area contributed by atoms with Crippen LogP contribution in [0.1, 0.15) is 118 Å². The van der Waals surface area contributed by atoms with Gasteiger partial charge in [-0.05, 0) is 43.9 Å².